The van der Waals surface area contributed by atoms with E-state index in [1.807, 2.05) is 20.8 Å². The first-order valence-corrected chi connectivity index (χ1v) is 7.21. The van der Waals surface area contributed by atoms with Crippen LogP contribution in [0.4, 0.5) is 4.79 Å². The largest absolute Gasteiger partial charge is 0.480 e. The fraction of sp³-hybridized carbons (Fsp3) is 0.867. The molecule has 2 N–H and O–H groups in total. The molecular formula is C15H28N2O3. The fourth-order valence-electron chi connectivity index (χ4n) is 2.52. The smallest absolute Gasteiger partial charge is 0.326 e. The number of nitrogens with one attached hydrogen (secondary N) is 1. The van der Waals surface area contributed by atoms with Crippen LogP contribution >= 0.6 is 0 Å². The van der Waals surface area contributed by atoms with Crippen LogP contribution in [0.25, 0.3) is 0 Å². The Morgan fingerprint density at radius 1 is 1.20 bits per heavy atom. The van der Waals surface area contributed by atoms with Crippen LogP contribution in [0.3, 0.4) is 0 Å². The molecule has 1 aliphatic heterocycles. The molecule has 5 heteroatoms. The van der Waals surface area contributed by atoms with Crippen molar-refractivity contribution in [3.8, 4) is 0 Å². The van der Waals surface area contributed by atoms with Crippen molar-refractivity contribution in [2.45, 2.75) is 54.0 Å². The number of carboxylic acids is 1. The minimum absolute atomic E-state index is 0.172. The van der Waals surface area contributed by atoms with E-state index < -0.39 is 17.4 Å². The second-order valence-electron chi connectivity index (χ2n) is 7.88. The van der Waals surface area contributed by atoms with Gasteiger partial charge in [-0.05, 0) is 23.2 Å². The Morgan fingerprint density at radius 2 is 1.75 bits per heavy atom. The molecule has 1 saturated heterocycles. The molecule has 2 atom stereocenters. The molecule has 0 aromatic carbocycles. The summed E-state index contributed by atoms with van der Waals surface area (Å²) in [6.45, 7) is 13.4. The van der Waals surface area contributed by atoms with E-state index in [-0.39, 0.29) is 11.4 Å². The van der Waals surface area contributed by atoms with Crippen molar-refractivity contribution in [2.75, 3.05) is 13.1 Å². The summed E-state index contributed by atoms with van der Waals surface area (Å²) in [5.41, 5.74) is -0.337. The first-order chi connectivity index (χ1) is 8.93. The molecule has 5 nitrogen and oxygen atoms in total. The van der Waals surface area contributed by atoms with Crippen LogP contribution in [-0.2, 0) is 4.79 Å². The van der Waals surface area contributed by atoms with Crippen LogP contribution in [0.1, 0.15) is 48.0 Å². The fourth-order valence-corrected chi connectivity index (χ4v) is 2.52. The standard InChI is InChI=1S/C15H28N2O3/c1-14(2,3)10-7-8-17(9-10)13(20)16-11(12(18)19)15(4,5)6/h10-11H,7-9H2,1-6H3,(H,16,20)(H,18,19)/t10?,11-/m0/s1. The quantitative estimate of drug-likeness (QED) is 0.818. The number of rotatable bonds is 2. The SMILES string of the molecule is CC(C)(C)C1CCN(C(=O)N[C@@H](C(=O)O)C(C)(C)C)C1. The number of carbonyl (C=O) groups is 2. The van der Waals surface area contributed by atoms with Crippen LogP contribution in [-0.4, -0.2) is 41.1 Å². The van der Waals surface area contributed by atoms with E-state index in [4.69, 9.17) is 0 Å². The van der Waals surface area contributed by atoms with E-state index in [1.165, 1.54) is 0 Å². The maximum absolute atomic E-state index is 12.2. The van der Waals surface area contributed by atoms with Gasteiger partial charge in [0.05, 0.1) is 0 Å². The molecule has 2 amide bonds. The molecule has 0 aromatic heterocycles. The molecule has 0 aromatic rings. The van der Waals surface area contributed by atoms with Crippen molar-refractivity contribution in [2.24, 2.45) is 16.7 Å². The average molecular weight is 284 g/mol. The van der Waals surface area contributed by atoms with Gasteiger partial charge in [0.15, 0.2) is 0 Å². The first-order valence-electron chi connectivity index (χ1n) is 7.21. The van der Waals surface area contributed by atoms with Gasteiger partial charge in [0.2, 0.25) is 0 Å². The summed E-state index contributed by atoms with van der Waals surface area (Å²) in [5.74, 6) is -0.524. The molecule has 1 aliphatic rings. The Hall–Kier alpha value is -1.26. The highest BCUT2D eigenvalue weighted by atomic mass is 16.4. The van der Waals surface area contributed by atoms with Crippen molar-refractivity contribution in [1.82, 2.24) is 10.2 Å². The van der Waals surface area contributed by atoms with Crippen molar-refractivity contribution >= 4 is 12.0 Å². The molecule has 0 aliphatic carbocycles. The molecular weight excluding hydrogens is 256 g/mol. The van der Waals surface area contributed by atoms with E-state index >= 15 is 0 Å². The van der Waals surface area contributed by atoms with Gasteiger partial charge in [-0.2, -0.15) is 0 Å². The number of hydrogen-bond acceptors (Lipinski definition) is 2. The Kier molecular flexibility index (Phi) is 4.72. The van der Waals surface area contributed by atoms with Gasteiger partial charge in [-0.15, -0.1) is 0 Å². The maximum atomic E-state index is 12.2. The van der Waals surface area contributed by atoms with Crippen LogP contribution in [0, 0.1) is 16.7 Å². The number of likely N-dealkylation sites (tertiary alicyclic amines) is 1. The zero-order valence-corrected chi connectivity index (χ0v) is 13.5. The lowest BCUT2D eigenvalue weighted by molar-refractivity contribution is -0.142. The summed E-state index contributed by atoms with van der Waals surface area (Å²) in [6, 6.07) is -1.14. The molecule has 0 spiro atoms. The summed E-state index contributed by atoms with van der Waals surface area (Å²) in [4.78, 5) is 25.3. The van der Waals surface area contributed by atoms with E-state index in [0.717, 1.165) is 6.42 Å². The topological polar surface area (TPSA) is 69.6 Å². The molecule has 1 heterocycles. The zero-order valence-electron chi connectivity index (χ0n) is 13.5. The third-order valence-corrected chi connectivity index (χ3v) is 4.08. The summed E-state index contributed by atoms with van der Waals surface area (Å²) in [7, 11) is 0. The minimum Gasteiger partial charge on any atom is -0.480 e. The number of carbonyl (C=O) groups excluding carboxylic acids is 1. The Morgan fingerprint density at radius 3 is 2.10 bits per heavy atom. The Bertz CT molecular complexity index is 380. The molecule has 20 heavy (non-hydrogen) atoms. The lowest BCUT2D eigenvalue weighted by atomic mass is 9.80. The molecule has 0 radical (unpaired) electrons. The Balaban J connectivity index is 2.66. The second-order valence-corrected chi connectivity index (χ2v) is 7.88. The number of amides is 2. The van der Waals surface area contributed by atoms with Gasteiger partial charge in [-0.25, -0.2) is 9.59 Å². The number of hydrogen-bond donors (Lipinski definition) is 2. The van der Waals surface area contributed by atoms with Crippen molar-refractivity contribution in [1.29, 1.82) is 0 Å². The van der Waals surface area contributed by atoms with Gasteiger partial charge in [-0.1, -0.05) is 41.5 Å². The van der Waals surface area contributed by atoms with Gasteiger partial charge < -0.3 is 15.3 Å². The van der Waals surface area contributed by atoms with Gasteiger partial charge in [0.25, 0.3) is 0 Å². The minimum atomic E-state index is -0.989. The lowest BCUT2D eigenvalue weighted by Gasteiger charge is -2.30. The summed E-state index contributed by atoms with van der Waals surface area (Å²) in [5, 5.41) is 11.9. The monoisotopic (exact) mass is 284 g/mol. The number of aliphatic carboxylic acids is 1. The van der Waals surface area contributed by atoms with Crippen LogP contribution in [0.2, 0.25) is 0 Å². The van der Waals surface area contributed by atoms with Crippen LogP contribution in [0.5, 0.6) is 0 Å². The molecule has 0 saturated carbocycles. The molecule has 116 valence electrons. The summed E-state index contributed by atoms with van der Waals surface area (Å²) >= 11 is 0. The molecule has 0 bridgehead atoms. The normalized spacial score (nSPS) is 21.7. The van der Waals surface area contributed by atoms with Crippen LogP contribution in [0.15, 0.2) is 0 Å². The van der Waals surface area contributed by atoms with Gasteiger partial charge >= 0.3 is 12.0 Å². The van der Waals surface area contributed by atoms with Gasteiger partial charge in [0, 0.05) is 13.1 Å². The zero-order chi connectivity index (χ0) is 15.7. The van der Waals surface area contributed by atoms with E-state index in [2.05, 4.69) is 26.1 Å². The van der Waals surface area contributed by atoms with E-state index in [1.54, 1.807) is 4.90 Å². The molecule has 1 unspecified atom stereocenters. The van der Waals surface area contributed by atoms with Crippen LogP contribution < -0.4 is 5.32 Å². The van der Waals surface area contributed by atoms with Crippen molar-refractivity contribution in [3.63, 3.8) is 0 Å². The highest BCUT2D eigenvalue weighted by Gasteiger charge is 2.37. The van der Waals surface area contributed by atoms with Crippen molar-refractivity contribution in [3.05, 3.63) is 0 Å². The number of urea groups is 1. The molecule has 1 fully saturated rings. The first kappa shape index (κ1) is 16.8. The number of carboxylic acid groups (broad SMARTS) is 1. The van der Waals surface area contributed by atoms with Gasteiger partial charge in [0.1, 0.15) is 6.04 Å². The third-order valence-electron chi connectivity index (χ3n) is 4.08. The second kappa shape index (κ2) is 5.62. The van der Waals surface area contributed by atoms with Crippen molar-refractivity contribution < 1.29 is 14.7 Å². The highest BCUT2D eigenvalue weighted by Crippen LogP contribution is 2.33. The highest BCUT2D eigenvalue weighted by molar-refractivity contribution is 5.83. The average Bonchev–Trinajstić information content (AvgIpc) is 2.71. The van der Waals surface area contributed by atoms with Gasteiger partial charge in [-0.3, -0.25) is 0 Å². The summed E-state index contributed by atoms with van der Waals surface area (Å²) < 4.78 is 0. The predicted octanol–water partition coefficient (Wildman–Crippen LogP) is 2.56. The predicted molar refractivity (Wildman–Crippen MR) is 78.5 cm³/mol. The third kappa shape index (κ3) is 4.12. The maximum Gasteiger partial charge on any atom is 0.326 e. The summed E-state index contributed by atoms with van der Waals surface area (Å²) in [6.07, 6.45) is 0.976. The van der Waals surface area contributed by atoms with E-state index in [0.29, 0.717) is 19.0 Å². The lowest BCUT2D eigenvalue weighted by Crippen LogP contribution is -2.53. The Labute approximate surface area is 121 Å². The van der Waals surface area contributed by atoms with E-state index in [9.17, 15) is 14.7 Å². The molecule has 1 rings (SSSR count). The number of nitrogens with zero attached hydrogens (tertiary/aromatic N) is 1.